The molecule has 13 heteroatoms. The predicted molar refractivity (Wildman–Crippen MR) is 124 cm³/mol. The zero-order chi connectivity index (χ0) is 26.8. The number of carboxylic acids is 2. The van der Waals surface area contributed by atoms with E-state index in [0.29, 0.717) is 29.5 Å². The standard InChI is InChI=1S/C23H24N2O10S/c1-4-5-14(27)24-23(22(32)33)20(31)25-16(15(11(2)26)17(18(28)29)36-21(23)25)19(30)35-10-12-6-8-13(34-3)9-7-12/h6-9,17,21H,4-5,10H2,1-3H3,(H,24,27)(H,28,29)(H,32,33)/t17?,21-,23?/m0/s1. The van der Waals surface area contributed by atoms with Gasteiger partial charge in [-0.05, 0) is 31.0 Å². The molecule has 2 aliphatic heterocycles. The number of carbonyl (C=O) groups excluding carboxylic acids is 4. The summed E-state index contributed by atoms with van der Waals surface area (Å²) in [5.74, 6) is -6.58. The van der Waals surface area contributed by atoms with Gasteiger partial charge in [-0.15, -0.1) is 11.8 Å². The Morgan fingerprint density at radius 2 is 1.78 bits per heavy atom. The average Bonchev–Trinajstić information content (AvgIpc) is 2.84. The number of thioether (sulfide) groups is 1. The van der Waals surface area contributed by atoms with Gasteiger partial charge in [0.25, 0.3) is 5.91 Å². The molecule has 0 saturated carbocycles. The molecule has 3 rings (SSSR count). The lowest BCUT2D eigenvalue weighted by Gasteiger charge is -2.55. The lowest BCUT2D eigenvalue weighted by atomic mass is 9.85. The summed E-state index contributed by atoms with van der Waals surface area (Å²) >= 11 is 0.474. The second-order valence-electron chi connectivity index (χ2n) is 8.04. The third-order valence-electron chi connectivity index (χ3n) is 5.66. The van der Waals surface area contributed by atoms with Crippen LogP contribution in [0.25, 0.3) is 0 Å². The summed E-state index contributed by atoms with van der Waals surface area (Å²) in [5, 5.41) is 18.7. The number of β-lactam (4-membered cyclic amide) rings is 1. The van der Waals surface area contributed by atoms with Crippen molar-refractivity contribution in [3.63, 3.8) is 0 Å². The first-order valence-corrected chi connectivity index (χ1v) is 11.7. The van der Waals surface area contributed by atoms with E-state index in [1.54, 1.807) is 31.2 Å². The van der Waals surface area contributed by atoms with Crippen LogP contribution in [0.4, 0.5) is 0 Å². The third kappa shape index (κ3) is 4.53. The smallest absolute Gasteiger partial charge is 0.355 e. The van der Waals surface area contributed by atoms with Crippen molar-refractivity contribution < 1.29 is 48.5 Å². The number of esters is 1. The normalized spacial score (nSPS) is 22.8. The largest absolute Gasteiger partial charge is 0.497 e. The van der Waals surface area contributed by atoms with Crippen molar-refractivity contribution in [3.05, 3.63) is 41.1 Å². The second kappa shape index (κ2) is 10.4. The van der Waals surface area contributed by atoms with Crippen LogP contribution in [0.15, 0.2) is 35.5 Å². The summed E-state index contributed by atoms with van der Waals surface area (Å²) in [7, 11) is 1.48. The number of methoxy groups -OCH3 is 1. The molecule has 0 aliphatic carbocycles. The van der Waals surface area contributed by atoms with Crippen LogP contribution in [0.1, 0.15) is 32.3 Å². The van der Waals surface area contributed by atoms with Crippen LogP contribution in [0, 0.1) is 0 Å². The van der Waals surface area contributed by atoms with Crippen molar-refractivity contribution in [2.75, 3.05) is 7.11 Å². The summed E-state index contributed by atoms with van der Waals surface area (Å²) in [4.78, 5) is 76.0. The Labute approximate surface area is 209 Å². The number of rotatable bonds is 10. The summed E-state index contributed by atoms with van der Waals surface area (Å²) in [6.07, 6.45) is 0.291. The van der Waals surface area contributed by atoms with Crippen LogP contribution < -0.4 is 10.1 Å². The number of nitrogens with zero attached hydrogens (tertiary/aromatic N) is 1. The zero-order valence-corrected chi connectivity index (χ0v) is 20.4. The van der Waals surface area contributed by atoms with Gasteiger partial charge in [-0.3, -0.25) is 24.1 Å². The monoisotopic (exact) mass is 520 g/mol. The van der Waals surface area contributed by atoms with E-state index in [4.69, 9.17) is 9.47 Å². The molecule has 0 aromatic heterocycles. The van der Waals surface area contributed by atoms with Gasteiger partial charge in [0.1, 0.15) is 28.7 Å². The van der Waals surface area contributed by atoms with Gasteiger partial charge in [0.2, 0.25) is 11.4 Å². The summed E-state index contributed by atoms with van der Waals surface area (Å²) in [5.41, 5.74) is -3.13. The number of ether oxygens (including phenoxy) is 2. The Hall–Kier alpha value is -3.87. The molecule has 36 heavy (non-hydrogen) atoms. The maximum Gasteiger partial charge on any atom is 0.355 e. The van der Waals surface area contributed by atoms with Gasteiger partial charge in [-0.1, -0.05) is 19.1 Å². The molecule has 2 heterocycles. The Bertz CT molecular complexity index is 1160. The number of hydrogen-bond donors (Lipinski definition) is 3. The SMILES string of the molecule is CCCC(=O)NC1(C(=O)O)C(=O)N2C(C(=O)OCc3ccc(OC)cc3)=C(C(C)=O)C(C(=O)O)S[C@H]21. The highest BCUT2D eigenvalue weighted by molar-refractivity contribution is 8.01. The number of ketones is 1. The van der Waals surface area contributed by atoms with Crippen molar-refractivity contribution in [3.8, 4) is 5.75 Å². The number of fused-ring (bicyclic) bond motifs is 1. The van der Waals surface area contributed by atoms with Crippen molar-refractivity contribution in [1.82, 2.24) is 10.2 Å². The number of nitrogens with one attached hydrogen (secondary N) is 1. The van der Waals surface area contributed by atoms with Crippen LogP contribution >= 0.6 is 11.8 Å². The predicted octanol–water partition coefficient (Wildman–Crippen LogP) is 0.690. The zero-order valence-electron chi connectivity index (χ0n) is 19.6. The van der Waals surface area contributed by atoms with Gasteiger partial charge in [-0.2, -0.15) is 0 Å². The van der Waals surface area contributed by atoms with Gasteiger partial charge >= 0.3 is 17.9 Å². The summed E-state index contributed by atoms with van der Waals surface area (Å²) in [6, 6.07) is 6.46. The Kier molecular flexibility index (Phi) is 7.72. The minimum absolute atomic E-state index is 0.0760. The van der Waals surface area contributed by atoms with E-state index in [9.17, 15) is 39.0 Å². The number of Topliss-reactive ketones (excluding diaryl/α,β-unsaturated/α-hetero) is 1. The molecule has 2 aliphatic rings. The van der Waals surface area contributed by atoms with Crippen LogP contribution in [-0.4, -0.2) is 73.9 Å². The first-order chi connectivity index (χ1) is 17.0. The fourth-order valence-electron chi connectivity index (χ4n) is 3.92. The van der Waals surface area contributed by atoms with E-state index in [2.05, 4.69) is 5.32 Å². The average molecular weight is 521 g/mol. The molecule has 1 aromatic rings. The molecule has 1 saturated heterocycles. The fourth-order valence-corrected chi connectivity index (χ4v) is 5.49. The fraction of sp³-hybridized carbons (Fsp3) is 0.391. The lowest BCUT2D eigenvalue weighted by Crippen LogP contribution is -2.83. The van der Waals surface area contributed by atoms with Crippen LogP contribution in [0.3, 0.4) is 0 Å². The molecule has 3 N–H and O–H groups in total. The number of amides is 2. The van der Waals surface area contributed by atoms with Gasteiger partial charge in [0, 0.05) is 6.42 Å². The maximum absolute atomic E-state index is 13.2. The number of hydrogen-bond acceptors (Lipinski definition) is 9. The molecular formula is C23H24N2O10S. The van der Waals surface area contributed by atoms with E-state index < -0.39 is 62.9 Å². The molecule has 1 fully saturated rings. The highest BCUT2D eigenvalue weighted by Gasteiger charge is 2.72. The molecule has 2 unspecified atom stereocenters. The molecular weight excluding hydrogens is 496 g/mol. The molecule has 0 radical (unpaired) electrons. The molecule has 3 atom stereocenters. The van der Waals surface area contributed by atoms with Gasteiger partial charge in [0.15, 0.2) is 5.78 Å². The highest BCUT2D eigenvalue weighted by atomic mass is 32.2. The molecule has 0 bridgehead atoms. The number of benzene rings is 1. The molecule has 1 aromatic carbocycles. The first-order valence-electron chi connectivity index (χ1n) is 10.8. The molecule has 0 spiro atoms. The van der Waals surface area contributed by atoms with Crippen LogP contribution in [0.2, 0.25) is 0 Å². The summed E-state index contributed by atoms with van der Waals surface area (Å²) < 4.78 is 10.3. The van der Waals surface area contributed by atoms with Crippen LogP contribution in [0.5, 0.6) is 5.75 Å². The van der Waals surface area contributed by atoms with Gasteiger partial charge in [0.05, 0.1) is 12.7 Å². The number of carboxylic acid groups (broad SMARTS) is 2. The Balaban J connectivity index is 2.01. The quantitative estimate of drug-likeness (QED) is 0.225. The van der Waals surface area contributed by atoms with Crippen molar-refractivity contribution in [2.24, 2.45) is 0 Å². The second-order valence-corrected chi connectivity index (χ2v) is 9.23. The highest BCUT2D eigenvalue weighted by Crippen LogP contribution is 2.50. The number of carbonyl (C=O) groups is 6. The van der Waals surface area contributed by atoms with Crippen molar-refractivity contribution in [1.29, 1.82) is 0 Å². The minimum Gasteiger partial charge on any atom is -0.497 e. The third-order valence-corrected chi connectivity index (χ3v) is 7.19. The van der Waals surface area contributed by atoms with Crippen LogP contribution in [-0.2, 0) is 40.1 Å². The lowest BCUT2D eigenvalue weighted by molar-refractivity contribution is -0.173. The van der Waals surface area contributed by atoms with Crippen molar-refractivity contribution >= 4 is 47.3 Å². The van der Waals surface area contributed by atoms with Gasteiger partial charge < -0.3 is 25.0 Å². The molecule has 2 amide bonds. The van der Waals surface area contributed by atoms with E-state index >= 15 is 0 Å². The summed E-state index contributed by atoms with van der Waals surface area (Å²) in [6.45, 7) is 2.42. The Morgan fingerprint density at radius 3 is 2.28 bits per heavy atom. The van der Waals surface area contributed by atoms with E-state index in [-0.39, 0.29) is 13.0 Å². The van der Waals surface area contributed by atoms with E-state index in [1.165, 1.54) is 7.11 Å². The first kappa shape index (κ1) is 26.7. The van der Waals surface area contributed by atoms with E-state index in [1.807, 2.05) is 0 Å². The van der Waals surface area contributed by atoms with E-state index in [0.717, 1.165) is 11.8 Å². The number of aliphatic carboxylic acids is 2. The maximum atomic E-state index is 13.2. The Morgan fingerprint density at radius 1 is 1.14 bits per heavy atom. The molecule has 12 nitrogen and oxygen atoms in total. The topological polar surface area (TPSA) is 177 Å². The van der Waals surface area contributed by atoms with Crippen molar-refractivity contribution in [2.45, 2.75) is 49.5 Å². The minimum atomic E-state index is -2.51. The molecule has 192 valence electrons. The van der Waals surface area contributed by atoms with Gasteiger partial charge in [-0.25, -0.2) is 9.59 Å².